The minimum absolute atomic E-state index is 0.0413. The first-order chi connectivity index (χ1) is 14.1. The van der Waals surface area contributed by atoms with Crippen LogP contribution in [0.5, 0.6) is 0 Å². The Morgan fingerprint density at radius 1 is 1.00 bits per heavy atom. The monoisotopic (exact) mass is 386 g/mol. The smallest absolute Gasteiger partial charge is 0.254 e. The highest BCUT2D eigenvalue weighted by Crippen LogP contribution is 2.30. The van der Waals surface area contributed by atoms with E-state index in [1.54, 1.807) is 29.2 Å². The summed E-state index contributed by atoms with van der Waals surface area (Å²) in [5.41, 5.74) is 4.88. The van der Waals surface area contributed by atoms with Crippen LogP contribution in [-0.2, 0) is 13.6 Å². The molecule has 4 aromatic rings. The van der Waals surface area contributed by atoms with Crippen molar-refractivity contribution in [2.45, 2.75) is 6.54 Å². The third-order valence-corrected chi connectivity index (χ3v) is 4.62. The van der Waals surface area contributed by atoms with Crippen molar-refractivity contribution in [3.8, 4) is 22.4 Å². The van der Waals surface area contributed by atoms with Crippen molar-refractivity contribution in [3.63, 3.8) is 0 Å². The molecule has 0 spiro atoms. The first-order valence-electron chi connectivity index (χ1n) is 9.18. The summed E-state index contributed by atoms with van der Waals surface area (Å²) in [7, 11) is 1.89. The molecule has 6 heteroatoms. The zero-order valence-electron chi connectivity index (χ0n) is 15.8. The van der Waals surface area contributed by atoms with Crippen molar-refractivity contribution in [1.29, 1.82) is 0 Å². The van der Waals surface area contributed by atoms with Gasteiger partial charge < -0.3 is 5.32 Å². The van der Waals surface area contributed by atoms with Crippen LogP contribution >= 0.6 is 0 Å². The third-order valence-electron chi connectivity index (χ3n) is 4.62. The van der Waals surface area contributed by atoms with Crippen LogP contribution in [0.1, 0.15) is 15.9 Å². The number of aromatic nitrogens is 3. The largest absolute Gasteiger partial charge is 0.348 e. The minimum atomic E-state index is -0.529. The molecule has 0 saturated carbocycles. The molecule has 0 atom stereocenters. The lowest BCUT2D eigenvalue weighted by Crippen LogP contribution is -2.23. The van der Waals surface area contributed by atoms with Crippen molar-refractivity contribution in [2.24, 2.45) is 7.05 Å². The fraction of sp³-hybridized carbons (Fsp3) is 0.0870. The Labute approximate surface area is 167 Å². The maximum absolute atomic E-state index is 13.7. The van der Waals surface area contributed by atoms with Crippen molar-refractivity contribution in [3.05, 3.63) is 96.2 Å². The number of hydrogen-bond donors (Lipinski definition) is 1. The highest BCUT2D eigenvalue weighted by atomic mass is 19.1. The van der Waals surface area contributed by atoms with Gasteiger partial charge in [0, 0.05) is 43.3 Å². The van der Waals surface area contributed by atoms with E-state index in [0.29, 0.717) is 6.54 Å². The highest BCUT2D eigenvalue weighted by Gasteiger charge is 2.13. The third kappa shape index (κ3) is 4.06. The van der Waals surface area contributed by atoms with E-state index in [9.17, 15) is 9.18 Å². The quantitative estimate of drug-likeness (QED) is 0.559. The van der Waals surface area contributed by atoms with Gasteiger partial charge >= 0.3 is 0 Å². The molecule has 2 aromatic carbocycles. The van der Waals surface area contributed by atoms with Gasteiger partial charge in [-0.15, -0.1) is 0 Å². The molecule has 0 aliphatic rings. The molecule has 2 heterocycles. The molecule has 0 aliphatic heterocycles. The lowest BCUT2D eigenvalue weighted by atomic mass is 10.0. The van der Waals surface area contributed by atoms with E-state index in [0.717, 1.165) is 27.9 Å². The van der Waals surface area contributed by atoms with Crippen LogP contribution < -0.4 is 5.32 Å². The predicted octanol–water partition coefficient (Wildman–Crippen LogP) is 4.22. The summed E-state index contributed by atoms with van der Waals surface area (Å²) >= 11 is 0. The van der Waals surface area contributed by atoms with Gasteiger partial charge in [-0.1, -0.05) is 36.4 Å². The van der Waals surface area contributed by atoms with Crippen molar-refractivity contribution in [1.82, 2.24) is 20.1 Å². The number of nitrogens with zero attached hydrogens (tertiary/aromatic N) is 3. The highest BCUT2D eigenvalue weighted by molar-refractivity contribution is 5.94. The molecule has 0 fully saturated rings. The van der Waals surface area contributed by atoms with Crippen LogP contribution in [0.4, 0.5) is 4.39 Å². The summed E-state index contributed by atoms with van der Waals surface area (Å²) in [6.07, 6.45) is 5.49. The second-order valence-electron chi connectivity index (χ2n) is 6.66. The van der Waals surface area contributed by atoms with E-state index in [1.165, 1.54) is 12.1 Å². The van der Waals surface area contributed by atoms with Crippen molar-refractivity contribution < 1.29 is 9.18 Å². The van der Waals surface area contributed by atoms with Gasteiger partial charge in [-0.3, -0.25) is 14.5 Å². The Balaban J connectivity index is 1.51. The van der Waals surface area contributed by atoms with E-state index < -0.39 is 11.7 Å². The van der Waals surface area contributed by atoms with Crippen LogP contribution in [0.25, 0.3) is 22.4 Å². The fourth-order valence-electron chi connectivity index (χ4n) is 3.15. The van der Waals surface area contributed by atoms with Gasteiger partial charge in [0.1, 0.15) is 11.5 Å². The molecule has 4 rings (SSSR count). The van der Waals surface area contributed by atoms with Gasteiger partial charge in [0.25, 0.3) is 5.91 Å². The van der Waals surface area contributed by atoms with Gasteiger partial charge in [-0.2, -0.15) is 5.10 Å². The maximum Gasteiger partial charge on any atom is 0.254 e. The molecule has 0 saturated heterocycles. The van der Waals surface area contributed by atoms with Gasteiger partial charge in [0.2, 0.25) is 0 Å². The molecule has 1 amide bonds. The normalized spacial score (nSPS) is 10.7. The van der Waals surface area contributed by atoms with Crippen LogP contribution in [0.3, 0.4) is 0 Å². The first kappa shape index (κ1) is 18.6. The molecule has 0 bridgehead atoms. The summed E-state index contributed by atoms with van der Waals surface area (Å²) in [6, 6.07) is 17.6. The number of carbonyl (C=O) groups is 1. The molecule has 29 heavy (non-hydrogen) atoms. The average molecular weight is 386 g/mol. The van der Waals surface area contributed by atoms with E-state index in [-0.39, 0.29) is 5.56 Å². The molecule has 144 valence electrons. The number of hydrogen-bond acceptors (Lipinski definition) is 3. The summed E-state index contributed by atoms with van der Waals surface area (Å²) in [6.45, 7) is 0.312. The zero-order chi connectivity index (χ0) is 20.2. The first-order valence-corrected chi connectivity index (χ1v) is 9.18. The van der Waals surface area contributed by atoms with E-state index in [2.05, 4.69) is 15.4 Å². The van der Waals surface area contributed by atoms with Crippen molar-refractivity contribution in [2.75, 3.05) is 0 Å². The predicted molar refractivity (Wildman–Crippen MR) is 109 cm³/mol. The molecular formula is C23H19FN4O. The number of halogens is 1. The van der Waals surface area contributed by atoms with Gasteiger partial charge in [-0.05, 0) is 35.4 Å². The Morgan fingerprint density at radius 2 is 1.72 bits per heavy atom. The Hall–Kier alpha value is -3.80. The topological polar surface area (TPSA) is 59.8 Å². The standard InChI is InChI=1S/C23H19FN4O/c1-28-15-20(17-10-12-25-13-11-17)22(27-28)18-8-6-16(7-9-18)14-26-23(29)19-4-2-3-5-21(19)24/h2-13,15H,14H2,1H3,(H,26,29). The van der Waals surface area contributed by atoms with E-state index in [4.69, 9.17) is 0 Å². The number of rotatable bonds is 5. The number of aryl methyl sites for hydroxylation is 1. The average Bonchev–Trinajstić information content (AvgIpc) is 3.15. The lowest BCUT2D eigenvalue weighted by Gasteiger charge is -2.07. The number of carbonyl (C=O) groups excluding carboxylic acids is 1. The second-order valence-corrected chi connectivity index (χ2v) is 6.66. The molecular weight excluding hydrogens is 367 g/mol. The van der Waals surface area contributed by atoms with Crippen LogP contribution in [-0.4, -0.2) is 20.7 Å². The SMILES string of the molecule is Cn1cc(-c2ccncc2)c(-c2ccc(CNC(=O)c3ccccc3F)cc2)n1. The summed E-state index contributed by atoms with van der Waals surface area (Å²) < 4.78 is 15.5. The lowest BCUT2D eigenvalue weighted by molar-refractivity contribution is 0.0947. The minimum Gasteiger partial charge on any atom is -0.348 e. The molecule has 0 aliphatic carbocycles. The maximum atomic E-state index is 13.7. The molecule has 1 N–H and O–H groups in total. The molecule has 5 nitrogen and oxygen atoms in total. The summed E-state index contributed by atoms with van der Waals surface area (Å²) in [5.74, 6) is -0.962. The Morgan fingerprint density at radius 3 is 2.45 bits per heavy atom. The van der Waals surface area contributed by atoms with E-state index in [1.807, 2.05) is 49.6 Å². The molecule has 0 unspecified atom stereocenters. The van der Waals surface area contributed by atoms with Gasteiger partial charge in [0.05, 0.1) is 5.56 Å². The summed E-state index contributed by atoms with van der Waals surface area (Å²) in [4.78, 5) is 16.2. The number of amides is 1. The summed E-state index contributed by atoms with van der Waals surface area (Å²) in [5, 5.41) is 7.35. The van der Waals surface area contributed by atoms with Crippen LogP contribution in [0, 0.1) is 5.82 Å². The number of benzene rings is 2. The van der Waals surface area contributed by atoms with Crippen LogP contribution in [0.2, 0.25) is 0 Å². The Bertz CT molecular complexity index is 1140. The number of pyridine rings is 1. The fourth-order valence-corrected chi connectivity index (χ4v) is 3.15. The van der Waals surface area contributed by atoms with Crippen molar-refractivity contribution >= 4 is 5.91 Å². The van der Waals surface area contributed by atoms with E-state index >= 15 is 0 Å². The second kappa shape index (κ2) is 8.06. The zero-order valence-corrected chi connectivity index (χ0v) is 15.8. The molecule has 0 radical (unpaired) electrons. The molecule has 2 aromatic heterocycles. The Kier molecular flexibility index (Phi) is 5.16. The van der Waals surface area contributed by atoms with Crippen LogP contribution in [0.15, 0.2) is 79.3 Å². The van der Waals surface area contributed by atoms with Gasteiger partial charge in [0.15, 0.2) is 0 Å². The number of nitrogens with one attached hydrogen (secondary N) is 1. The van der Waals surface area contributed by atoms with Gasteiger partial charge in [-0.25, -0.2) is 4.39 Å².